The molecule has 0 bridgehead atoms. The molecule has 0 radical (unpaired) electrons. The number of carboxylic acids is 1. The number of hydrogen-bond donors (Lipinski definition) is 2. The van der Waals surface area contributed by atoms with Gasteiger partial charge in [0, 0.05) is 12.5 Å². The van der Waals surface area contributed by atoms with Crippen LogP contribution in [0.2, 0.25) is 0 Å². The lowest BCUT2D eigenvalue weighted by atomic mass is 10.0. The molecule has 0 spiro atoms. The summed E-state index contributed by atoms with van der Waals surface area (Å²) in [4.78, 5) is 27.6. The monoisotopic (exact) mass is 318 g/mol. The normalized spacial score (nSPS) is 11.9. The van der Waals surface area contributed by atoms with Crippen molar-refractivity contribution in [3.63, 3.8) is 0 Å². The zero-order chi connectivity index (χ0) is 15.9. The minimum absolute atomic E-state index is 0.0273. The van der Waals surface area contributed by atoms with E-state index in [0.717, 1.165) is 10.6 Å². The van der Waals surface area contributed by atoms with Crippen LogP contribution in [-0.4, -0.2) is 28.0 Å². The van der Waals surface area contributed by atoms with Crippen molar-refractivity contribution in [1.82, 2.24) is 10.3 Å². The Labute approximate surface area is 133 Å². The SMILES string of the molecule is Cc1ncc(C(=O)NC(CCC(=O)O)Cc2ccccc2)s1. The van der Waals surface area contributed by atoms with Gasteiger partial charge in [-0.1, -0.05) is 30.3 Å². The maximum Gasteiger partial charge on any atom is 0.303 e. The lowest BCUT2D eigenvalue weighted by Crippen LogP contribution is -2.36. The number of nitrogens with zero attached hydrogens (tertiary/aromatic N) is 1. The van der Waals surface area contributed by atoms with E-state index in [2.05, 4.69) is 10.3 Å². The highest BCUT2D eigenvalue weighted by Crippen LogP contribution is 2.13. The van der Waals surface area contributed by atoms with Gasteiger partial charge in [0.2, 0.25) is 0 Å². The predicted molar refractivity (Wildman–Crippen MR) is 85.1 cm³/mol. The van der Waals surface area contributed by atoms with Crippen LogP contribution in [0, 0.1) is 6.92 Å². The Morgan fingerprint density at radius 2 is 2.05 bits per heavy atom. The molecule has 1 aromatic heterocycles. The van der Waals surface area contributed by atoms with Crippen molar-refractivity contribution in [3.8, 4) is 0 Å². The van der Waals surface area contributed by atoms with Gasteiger partial charge in [-0.05, 0) is 25.3 Å². The van der Waals surface area contributed by atoms with Gasteiger partial charge >= 0.3 is 5.97 Å². The number of carbonyl (C=O) groups excluding carboxylic acids is 1. The fourth-order valence-corrected chi connectivity index (χ4v) is 2.83. The second kappa shape index (κ2) is 7.70. The second-order valence-corrected chi connectivity index (χ2v) is 6.27. The van der Waals surface area contributed by atoms with Gasteiger partial charge in [0.1, 0.15) is 4.88 Å². The highest BCUT2D eigenvalue weighted by Gasteiger charge is 2.17. The van der Waals surface area contributed by atoms with Crippen LogP contribution < -0.4 is 5.32 Å². The van der Waals surface area contributed by atoms with Gasteiger partial charge in [-0.25, -0.2) is 4.98 Å². The molecule has 1 heterocycles. The Morgan fingerprint density at radius 1 is 1.32 bits per heavy atom. The molecule has 0 saturated carbocycles. The second-order valence-electron chi connectivity index (χ2n) is 5.04. The molecule has 1 aromatic carbocycles. The first-order chi connectivity index (χ1) is 10.5. The summed E-state index contributed by atoms with van der Waals surface area (Å²) in [6.45, 7) is 1.84. The van der Waals surface area contributed by atoms with E-state index in [4.69, 9.17) is 5.11 Å². The molecule has 0 saturated heterocycles. The van der Waals surface area contributed by atoms with E-state index in [1.807, 2.05) is 37.3 Å². The number of aromatic nitrogens is 1. The first kappa shape index (κ1) is 16.2. The topological polar surface area (TPSA) is 79.3 Å². The van der Waals surface area contributed by atoms with Crippen LogP contribution in [0.15, 0.2) is 36.5 Å². The molecule has 1 unspecified atom stereocenters. The van der Waals surface area contributed by atoms with Gasteiger partial charge in [0.05, 0.1) is 11.2 Å². The van der Waals surface area contributed by atoms with Crippen molar-refractivity contribution in [2.75, 3.05) is 0 Å². The van der Waals surface area contributed by atoms with Crippen LogP contribution in [0.3, 0.4) is 0 Å². The molecule has 116 valence electrons. The Bertz CT molecular complexity index is 640. The van der Waals surface area contributed by atoms with E-state index in [-0.39, 0.29) is 18.4 Å². The predicted octanol–water partition coefficient (Wildman–Crippen LogP) is 2.66. The first-order valence-corrected chi connectivity index (χ1v) is 7.85. The minimum Gasteiger partial charge on any atom is -0.481 e. The van der Waals surface area contributed by atoms with Crippen molar-refractivity contribution < 1.29 is 14.7 Å². The molecule has 0 aliphatic carbocycles. The molecule has 6 heteroatoms. The quantitative estimate of drug-likeness (QED) is 0.822. The van der Waals surface area contributed by atoms with E-state index in [1.54, 1.807) is 6.20 Å². The van der Waals surface area contributed by atoms with Gasteiger partial charge in [-0.15, -0.1) is 11.3 Å². The zero-order valence-electron chi connectivity index (χ0n) is 12.3. The zero-order valence-corrected chi connectivity index (χ0v) is 13.1. The van der Waals surface area contributed by atoms with Crippen molar-refractivity contribution in [3.05, 3.63) is 52.0 Å². The molecular formula is C16H18N2O3S. The molecule has 1 atom stereocenters. The largest absolute Gasteiger partial charge is 0.481 e. The van der Waals surface area contributed by atoms with Gasteiger partial charge in [0.15, 0.2) is 0 Å². The average Bonchev–Trinajstić information content (AvgIpc) is 2.92. The highest BCUT2D eigenvalue weighted by atomic mass is 32.1. The maximum atomic E-state index is 12.2. The Kier molecular flexibility index (Phi) is 5.66. The molecule has 0 aliphatic heterocycles. The molecule has 22 heavy (non-hydrogen) atoms. The Balaban J connectivity index is 2.03. The molecule has 0 fully saturated rings. The number of hydrogen-bond acceptors (Lipinski definition) is 4. The Morgan fingerprint density at radius 3 is 2.64 bits per heavy atom. The van der Waals surface area contributed by atoms with Crippen LogP contribution >= 0.6 is 11.3 Å². The van der Waals surface area contributed by atoms with Crippen LogP contribution in [0.5, 0.6) is 0 Å². The lowest BCUT2D eigenvalue weighted by molar-refractivity contribution is -0.137. The summed E-state index contributed by atoms with van der Waals surface area (Å²) in [6.07, 6.45) is 2.58. The number of aryl methyl sites for hydroxylation is 1. The third-order valence-electron chi connectivity index (χ3n) is 3.21. The summed E-state index contributed by atoms with van der Waals surface area (Å²) in [6, 6.07) is 9.51. The molecule has 2 aromatic rings. The lowest BCUT2D eigenvalue weighted by Gasteiger charge is -2.17. The maximum absolute atomic E-state index is 12.2. The number of thiazole rings is 1. The molecule has 5 nitrogen and oxygen atoms in total. The van der Waals surface area contributed by atoms with Crippen molar-refractivity contribution >= 4 is 23.2 Å². The number of amides is 1. The van der Waals surface area contributed by atoms with Crippen LogP contribution in [0.1, 0.15) is 33.1 Å². The number of nitrogens with one attached hydrogen (secondary N) is 1. The first-order valence-electron chi connectivity index (χ1n) is 7.03. The summed E-state index contributed by atoms with van der Waals surface area (Å²) in [5, 5.41) is 12.6. The van der Waals surface area contributed by atoms with Crippen LogP contribution in [0.4, 0.5) is 0 Å². The minimum atomic E-state index is -0.860. The fraction of sp³-hybridized carbons (Fsp3) is 0.312. The highest BCUT2D eigenvalue weighted by molar-refractivity contribution is 7.13. The summed E-state index contributed by atoms with van der Waals surface area (Å²) in [5.74, 6) is -1.06. The molecule has 2 rings (SSSR count). The van der Waals surface area contributed by atoms with Gasteiger partial charge in [0.25, 0.3) is 5.91 Å². The summed E-state index contributed by atoms with van der Waals surface area (Å²) < 4.78 is 0. The van der Waals surface area contributed by atoms with Gasteiger partial charge < -0.3 is 10.4 Å². The number of benzene rings is 1. The summed E-state index contributed by atoms with van der Waals surface area (Å²) >= 11 is 1.33. The van der Waals surface area contributed by atoms with E-state index in [9.17, 15) is 9.59 Å². The van der Waals surface area contributed by atoms with Crippen molar-refractivity contribution in [2.24, 2.45) is 0 Å². The number of aliphatic carboxylic acids is 1. The summed E-state index contributed by atoms with van der Waals surface area (Å²) in [7, 11) is 0. The van der Waals surface area contributed by atoms with E-state index < -0.39 is 5.97 Å². The molecule has 2 N–H and O–H groups in total. The number of carbonyl (C=O) groups is 2. The van der Waals surface area contributed by atoms with Crippen LogP contribution in [-0.2, 0) is 11.2 Å². The van der Waals surface area contributed by atoms with Crippen molar-refractivity contribution in [1.29, 1.82) is 0 Å². The molecule has 1 amide bonds. The Hall–Kier alpha value is -2.21. The van der Waals surface area contributed by atoms with E-state index >= 15 is 0 Å². The third-order valence-corrected chi connectivity index (χ3v) is 4.12. The smallest absolute Gasteiger partial charge is 0.303 e. The van der Waals surface area contributed by atoms with Crippen LogP contribution in [0.25, 0.3) is 0 Å². The number of carboxylic acid groups (broad SMARTS) is 1. The third kappa shape index (κ3) is 4.96. The fourth-order valence-electron chi connectivity index (χ4n) is 2.14. The van der Waals surface area contributed by atoms with E-state index in [0.29, 0.717) is 17.7 Å². The van der Waals surface area contributed by atoms with Gasteiger partial charge in [-0.2, -0.15) is 0 Å². The average molecular weight is 318 g/mol. The van der Waals surface area contributed by atoms with Gasteiger partial charge in [-0.3, -0.25) is 9.59 Å². The molecular weight excluding hydrogens is 300 g/mol. The standard InChI is InChI=1S/C16H18N2O3S/c1-11-17-10-14(22-11)16(21)18-13(7-8-15(19)20)9-12-5-3-2-4-6-12/h2-6,10,13H,7-9H2,1H3,(H,18,21)(H,19,20). The van der Waals surface area contributed by atoms with E-state index in [1.165, 1.54) is 11.3 Å². The molecule has 0 aliphatic rings. The summed E-state index contributed by atoms with van der Waals surface area (Å²) in [5.41, 5.74) is 1.07. The number of rotatable bonds is 7. The van der Waals surface area contributed by atoms with Crippen molar-refractivity contribution in [2.45, 2.75) is 32.2 Å².